The largest absolute Gasteiger partial charge is 0.395 e. The van der Waals surface area contributed by atoms with E-state index < -0.39 is 0 Å². The molecule has 1 amide bonds. The van der Waals surface area contributed by atoms with E-state index in [0.717, 1.165) is 16.7 Å². The van der Waals surface area contributed by atoms with Gasteiger partial charge >= 0.3 is 0 Å². The quantitative estimate of drug-likeness (QED) is 0.397. The molecule has 7 heteroatoms. The van der Waals surface area contributed by atoms with Crippen LogP contribution in [-0.2, 0) is 9.53 Å². The lowest BCUT2D eigenvalue weighted by Gasteiger charge is -2.41. The Kier molecular flexibility index (Phi) is 12.2. The Morgan fingerprint density at radius 1 is 0.914 bits per heavy atom. The molecule has 3 aromatic rings. The van der Waals surface area contributed by atoms with E-state index in [1.54, 1.807) is 41.3 Å². The van der Waals surface area contributed by atoms with E-state index in [9.17, 15) is 14.3 Å². The van der Waals surface area contributed by atoms with Crippen molar-refractivity contribution in [3.05, 3.63) is 105 Å². The zero-order chi connectivity index (χ0) is 25.8. The van der Waals surface area contributed by atoms with E-state index >= 15 is 0 Å². The molecule has 1 saturated heterocycles. The van der Waals surface area contributed by atoms with Gasteiger partial charge in [-0.3, -0.25) is 4.79 Å². The zero-order valence-corrected chi connectivity index (χ0v) is 21.8. The van der Waals surface area contributed by atoms with Crippen LogP contribution in [0.2, 0.25) is 10.0 Å². The number of carbonyl (C=O) groups excluding carboxylic acids is 1. The molecule has 3 aromatic carbocycles. The number of halogens is 3. The summed E-state index contributed by atoms with van der Waals surface area (Å²) in [4.78, 5) is 14.0. The fourth-order valence-corrected chi connectivity index (χ4v) is 3.76. The van der Waals surface area contributed by atoms with E-state index in [0.29, 0.717) is 10.0 Å². The molecule has 2 atom stereocenters. The van der Waals surface area contributed by atoms with Gasteiger partial charge in [0.2, 0.25) is 5.91 Å². The Hall–Kier alpha value is -2.44. The molecule has 1 heterocycles. The van der Waals surface area contributed by atoms with E-state index in [2.05, 4.69) is 13.8 Å². The maximum absolute atomic E-state index is 12.3. The molecule has 1 fully saturated rings. The topological polar surface area (TPSA) is 49.8 Å². The zero-order valence-electron chi connectivity index (χ0n) is 20.3. The van der Waals surface area contributed by atoms with Crippen LogP contribution in [0.1, 0.15) is 49.1 Å². The maximum Gasteiger partial charge on any atom is 0.249 e. The molecule has 4 nitrogen and oxygen atoms in total. The van der Waals surface area contributed by atoms with Gasteiger partial charge in [-0.2, -0.15) is 0 Å². The van der Waals surface area contributed by atoms with Gasteiger partial charge in [0.1, 0.15) is 18.5 Å². The standard InChI is InChI=1S/C18H17Cl2NO3.C7H7F.C3H8/c19-14-5-1-12(2-6-14)17-18(13-3-7-15(20)8-4-13)24-11-16(23)21(17)9-10-22;1-6-2-4-7(8)5-3-6;1-3-2/h1-8,17-18,22H,9-11H2;2-5H,1H3;3H2,1-2H3. The summed E-state index contributed by atoms with van der Waals surface area (Å²) in [5.74, 6) is -0.315. The molecule has 35 heavy (non-hydrogen) atoms. The highest BCUT2D eigenvalue weighted by Gasteiger charge is 2.38. The second-order valence-corrected chi connectivity index (χ2v) is 8.97. The van der Waals surface area contributed by atoms with Crippen molar-refractivity contribution < 1.29 is 19.0 Å². The Morgan fingerprint density at radius 2 is 1.40 bits per heavy atom. The molecular formula is C28H32Cl2FNO3. The normalized spacial score (nSPS) is 17.1. The number of morpholine rings is 1. The Balaban J connectivity index is 0.000000327. The van der Waals surface area contributed by atoms with Gasteiger partial charge in [0.25, 0.3) is 0 Å². The van der Waals surface area contributed by atoms with Crippen LogP contribution in [0, 0.1) is 12.7 Å². The van der Waals surface area contributed by atoms with Crippen LogP contribution in [0.5, 0.6) is 0 Å². The van der Waals surface area contributed by atoms with Gasteiger partial charge in [0.15, 0.2) is 0 Å². The van der Waals surface area contributed by atoms with E-state index in [4.69, 9.17) is 27.9 Å². The molecule has 0 aliphatic carbocycles. The number of ether oxygens (including phenoxy) is 1. The lowest BCUT2D eigenvalue weighted by Crippen LogP contribution is -2.46. The van der Waals surface area contributed by atoms with Gasteiger partial charge in [0.05, 0.1) is 12.6 Å². The number of β-amino-alcohol motifs (C(OH)–C–C–N with tert-alkyl or cyclic N) is 1. The van der Waals surface area contributed by atoms with E-state index in [1.165, 1.54) is 18.6 Å². The summed E-state index contributed by atoms with van der Waals surface area (Å²) in [6.45, 7) is 6.31. The summed E-state index contributed by atoms with van der Waals surface area (Å²) in [5, 5.41) is 10.6. The first-order chi connectivity index (χ1) is 16.8. The van der Waals surface area contributed by atoms with Gasteiger partial charge in [0, 0.05) is 16.6 Å². The van der Waals surface area contributed by atoms with Crippen molar-refractivity contribution in [1.82, 2.24) is 4.90 Å². The first-order valence-electron chi connectivity index (χ1n) is 11.6. The van der Waals surface area contributed by atoms with Crippen LogP contribution in [0.3, 0.4) is 0 Å². The summed E-state index contributed by atoms with van der Waals surface area (Å²) < 4.78 is 17.9. The van der Waals surface area contributed by atoms with Gasteiger partial charge in [-0.05, 0) is 54.4 Å². The second-order valence-electron chi connectivity index (χ2n) is 8.09. The maximum atomic E-state index is 12.3. The summed E-state index contributed by atoms with van der Waals surface area (Å²) in [7, 11) is 0. The van der Waals surface area contributed by atoms with Gasteiger partial charge < -0.3 is 14.7 Å². The molecule has 1 N–H and O–H groups in total. The molecule has 188 valence electrons. The number of hydrogen-bond acceptors (Lipinski definition) is 3. The molecule has 1 aliphatic heterocycles. The van der Waals surface area contributed by atoms with Crippen molar-refractivity contribution in [2.24, 2.45) is 0 Å². The third kappa shape index (κ3) is 8.93. The Labute approximate surface area is 217 Å². The average Bonchev–Trinajstić information content (AvgIpc) is 2.84. The van der Waals surface area contributed by atoms with Crippen molar-refractivity contribution >= 4 is 29.1 Å². The fraction of sp³-hybridized carbons (Fsp3) is 0.321. The molecule has 2 unspecified atom stereocenters. The highest BCUT2D eigenvalue weighted by Crippen LogP contribution is 2.40. The van der Waals surface area contributed by atoms with E-state index in [1.807, 2.05) is 31.2 Å². The molecule has 0 aromatic heterocycles. The molecular weight excluding hydrogens is 488 g/mol. The minimum Gasteiger partial charge on any atom is -0.395 e. The lowest BCUT2D eigenvalue weighted by molar-refractivity contribution is -0.159. The molecule has 0 bridgehead atoms. The van der Waals surface area contributed by atoms with Crippen molar-refractivity contribution in [3.63, 3.8) is 0 Å². The minimum atomic E-state index is -0.340. The lowest BCUT2D eigenvalue weighted by atomic mass is 9.93. The number of aliphatic hydroxyl groups excluding tert-OH is 1. The van der Waals surface area contributed by atoms with Crippen LogP contribution in [0.15, 0.2) is 72.8 Å². The van der Waals surface area contributed by atoms with Gasteiger partial charge in [-0.25, -0.2) is 4.39 Å². The third-order valence-electron chi connectivity index (χ3n) is 5.09. The number of rotatable bonds is 4. The van der Waals surface area contributed by atoms with Crippen LogP contribution in [0.4, 0.5) is 4.39 Å². The predicted octanol–water partition coefficient (Wildman–Crippen LogP) is 7.18. The van der Waals surface area contributed by atoms with Crippen molar-refractivity contribution in [2.45, 2.75) is 39.3 Å². The number of nitrogens with zero attached hydrogens (tertiary/aromatic N) is 1. The van der Waals surface area contributed by atoms with Crippen LogP contribution >= 0.6 is 23.2 Å². The number of carbonyl (C=O) groups is 1. The van der Waals surface area contributed by atoms with Gasteiger partial charge in [-0.15, -0.1) is 0 Å². The molecule has 0 saturated carbocycles. The smallest absolute Gasteiger partial charge is 0.249 e. The first-order valence-corrected chi connectivity index (χ1v) is 12.3. The SMILES string of the molecule is CCC.Cc1ccc(F)cc1.O=C1COC(c2ccc(Cl)cc2)C(c2ccc(Cl)cc2)N1CCO. The number of aryl methyl sites for hydroxylation is 1. The number of hydrogen-bond donors (Lipinski definition) is 1. The summed E-state index contributed by atoms with van der Waals surface area (Å²) in [5.41, 5.74) is 2.92. The average molecular weight is 520 g/mol. The minimum absolute atomic E-state index is 0.0165. The highest BCUT2D eigenvalue weighted by molar-refractivity contribution is 6.30. The molecule has 0 radical (unpaired) electrons. The Morgan fingerprint density at radius 3 is 1.86 bits per heavy atom. The highest BCUT2D eigenvalue weighted by atomic mass is 35.5. The van der Waals surface area contributed by atoms with E-state index in [-0.39, 0.29) is 43.6 Å². The number of aliphatic hydroxyl groups is 1. The monoisotopic (exact) mass is 519 g/mol. The second kappa shape index (κ2) is 14.8. The van der Waals surface area contributed by atoms with Crippen LogP contribution < -0.4 is 0 Å². The van der Waals surface area contributed by atoms with Crippen molar-refractivity contribution in [1.29, 1.82) is 0 Å². The predicted molar refractivity (Wildman–Crippen MR) is 140 cm³/mol. The van der Waals surface area contributed by atoms with Crippen molar-refractivity contribution in [3.8, 4) is 0 Å². The molecule has 0 spiro atoms. The number of benzene rings is 3. The van der Waals surface area contributed by atoms with Crippen molar-refractivity contribution in [2.75, 3.05) is 19.8 Å². The summed E-state index contributed by atoms with van der Waals surface area (Å²) >= 11 is 12.0. The molecule has 1 aliphatic rings. The van der Waals surface area contributed by atoms with Crippen LogP contribution in [-0.4, -0.2) is 35.7 Å². The first kappa shape index (κ1) is 28.8. The fourth-order valence-electron chi connectivity index (χ4n) is 3.50. The Bertz CT molecular complexity index is 1010. The van der Waals surface area contributed by atoms with Crippen LogP contribution in [0.25, 0.3) is 0 Å². The summed E-state index contributed by atoms with van der Waals surface area (Å²) in [6.07, 6.45) is 0.910. The summed E-state index contributed by atoms with van der Waals surface area (Å²) in [6, 6.07) is 20.8. The third-order valence-corrected chi connectivity index (χ3v) is 5.60. The molecule has 4 rings (SSSR count). The number of amides is 1. The van der Waals surface area contributed by atoms with Gasteiger partial charge in [-0.1, -0.05) is 85.4 Å².